The number of nitrogens with zero attached hydrogens (tertiary/aromatic N) is 3. The lowest BCUT2D eigenvalue weighted by atomic mass is 10.1. The third-order valence-electron chi connectivity index (χ3n) is 5.54. The van der Waals surface area contributed by atoms with Crippen LogP contribution in [0.1, 0.15) is 28.7 Å². The molecule has 2 aromatic carbocycles. The van der Waals surface area contributed by atoms with Crippen LogP contribution in [0.3, 0.4) is 0 Å². The van der Waals surface area contributed by atoms with Crippen LogP contribution in [-0.4, -0.2) is 36.2 Å². The molecule has 1 aromatic heterocycles. The molecule has 0 atom stereocenters. The molecule has 0 unspecified atom stereocenters. The van der Waals surface area contributed by atoms with Crippen molar-refractivity contribution in [3.63, 3.8) is 0 Å². The number of hydrogen-bond donors (Lipinski definition) is 1. The van der Waals surface area contributed by atoms with E-state index in [2.05, 4.69) is 10.3 Å². The van der Waals surface area contributed by atoms with Crippen LogP contribution in [0.2, 0.25) is 0 Å². The second-order valence-corrected chi connectivity index (χ2v) is 8.12. The number of amides is 2. The lowest BCUT2D eigenvalue weighted by molar-refractivity contribution is -0.120. The highest BCUT2D eigenvalue weighted by atomic mass is 16.5. The van der Waals surface area contributed by atoms with E-state index < -0.39 is 0 Å². The van der Waals surface area contributed by atoms with Gasteiger partial charge >= 0.3 is 0 Å². The highest BCUT2D eigenvalue weighted by Gasteiger charge is 2.28. The number of benzene rings is 2. The highest BCUT2D eigenvalue weighted by Crippen LogP contribution is 2.31. The molecule has 2 amide bonds. The zero-order valence-corrected chi connectivity index (χ0v) is 19.2. The molecule has 0 saturated carbocycles. The molecule has 7 heteroatoms. The van der Waals surface area contributed by atoms with Crippen LogP contribution in [-0.2, 0) is 9.59 Å². The maximum absolute atomic E-state index is 13.3. The van der Waals surface area contributed by atoms with Crippen molar-refractivity contribution >= 4 is 34.7 Å². The first kappa shape index (κ1) is 22.2. The van der Waals surface area contributed by atoms with Crippen molar-refractivity contribution in [3.05, 3.63) is 77.0 Å². The minimum Gasteiger partial charge on any atom is -0.497 e. The van der Waals surface area contributed by atoms with Crippen LogP contribution in [0.25, 0.3) is 0 Å². The number of hydrogen-bond acceptors (Lipinski definition) is 5. The van der Waals surface area contributed by atoms with Crippen molar-refractivity contribution in [2.75, 3.05) is 23.9 Å². The molecule has 1 aliphatic heterocycles. The van der Waals surface area contributed by atoms with E-state index in [4.69, 9.17) is 9.73 Å². The smallest absolute Gasteiger partial charge is 0.244 e. The van der Waals surface area contributed by atoms with E-state index in [1.54, 1.807) is 25.4 Å². The summed E-state index contributed by atoms with van der Waals surface area (Å²) in [6.07, 6.45) is 1.64. The summed E-state index contributed by atoms with van der Waals surface area (Å²) < 4.78 is 5.31. The monoisotopic (exact) mass is 442 g/mol. The lowest BCUT2D eigenvalue weighted by Crippen LogP contribution is -2.39. The first-order valence-electron chi connectivity index (χ1n) is 10.7. The number of aliphatic imine (C=N–C) groups is 1. The van der Waals surface area contributed by atoms with Gasteiger partial charge in [0.2, 0.25) is 11.8 Å². The van der Waals surface area contributed by atoms with Gasteiger partial charge in [-0.3, -0.25) is 14.5 Å². The van der Waals surface area contributed by atoms with Gasteiger partial charge in [-0.2, -0.15) is 0 Å². The van der Waals surface area contributed by atoms with E-state index in [0.29, 0.717) is 23.0 Å². The fraction of sp³-hybridized carbons (Fsp3) is 0.231. The third kappa shape index (κ3) is 4.77. The summed E-state index contributed by atoms with van der Waals surface area (Å²) in [5.74, 6) is 0.507. The molecule has 0 bridgehead atoms. The molecule has 0 spiro atoms. The molecule has 1 aliphatic rings. The number of ether oxygens (including phenoxy) is 1. The molecule has 0 radical (unpaired) electrons. The third-order valence-corrected chi connectivity index (χ3v) is 5.54. The Hall–Kier alpha value is -4.00. The molecule has 3 aromatic rings. The van der Waals surface area contributed by atoms with E-state index in [-0.39, 0.29) is 24.8 Å². The Morgan fingerprint density at radius 1 is 1.09 bits per heavy atom. The largest absolute Gasteiger partial charge is 0.497 e. The van der Waals surface area contributed by atoms with Crippen LogP contribution in [0.5, 0.6) is 5.75 Å². The molecule has 0 aliphatic carbocycles. The molecule has 0 saturated heterocycles. The predicted molar refractivity (Wildman–Crippen MR) is 130 cm³/mol. The Morgan fingerprint density at radius 2 is 1.85 bits per heavy atom. The zero-order valence-electron chi connectivity index (χ0n) is 19.2. The molecule has 33 heavy (non-hydrogen) atoms. The second-order valence-electron chi connectivity index (χ2n) is 8.12. The summed E-state index contributed by atoms with van der Waals surface area (Å²) in [6, 6.07) is 15.0. The van der Waals surface area contributed by atoms with E-state index in [1.165, 1.54) is 4.90 Å². The Labute approximate surface area is 193 Å². The highest BCUT2D eigenvalue weighted by molar-refractivity contribution is 6.18. The Morgan fingerprint density at radius 3 is 2.58 bits per heavy atom. The first-order valence-corrected chi connectivity index (χ1v) is 10.7. The standard InChI is InChI=1S/C26H26N4O3/c1-16-11-17(2)25(18(3)12-16)29-23(31)15-30-24(32)14-22(19-7-5-8-20(13-19)33-4)28-21-9-6-10-27-26(21)30/h5-13H,14-15H2,1-4H3,(H,29,31). The predicted octanol–water partition coefficient (Wildman–Crippen LogP) is 4.51. The summed E-state index contributed by atoms with van der Waals surface area (Å²) in [4.78, 5) is 36.8. The summed E-state index contributed by atoms with van der Waals surface area (Å²) in [7, 11) is 1.59. The maximum atomic E-state index is 13.3. The van der Waals surface area contributed by atoms with Gasteiger partial charge < -0.3 is 10.1 Å². The first-order chi connectivity index (χ1) is 15.9. The number of pyridine rings is 1. The van der Waals surface area contributed by atoms with Crippen LogP contribution < -0.4 is 15.0 Å². The molecular formula is C26H26N4O3. The molecule has 4 rings (SSSR count). The van der Waals surface area contributed by atoms with Crippen molar-refractivity contribution < 1.29 is 14.3 Å². The number of aryl methyl sites for hydroxylation is 3. The number of methoxy groups -OCH3 is 1. The topological polar surface area (TPSA) is 83.9 Å². The van der Waals surface area contributed by atoms with Crippen LogP contribution >= 0.6 is 0 Å². The van der Waals surface area contributed by atoms with Crippen molar-refractivity contribution in [3.8, 4) is 5.75 Å². The Balaban J connectivity index is 1.62. The van der Waals surface area contributed by atoms with E-state index in [1.807, 2.05) is 57.2 Å². The molecule has 168 valence electrons. The number of carbonyl (C=O) groups excluding carboxylic acids is 2. The quantitative estimate of drug-likeness (QED) is 0.630. The van der Waals surface area contributed by atoms with Gasteiger partial charge in [-0.1, -0.05) is 29.8 Å². The van der Waals surface area contributed by atoms with Gasteiger partial charge in [-0.25, -0.2) is 9.98 Å². The number of aromatic nitrogens is 1. The average molecular weight is 443 g/mol. The summed E-state index contributed by atoms with van der Waals surface area (Å²) in [6.45, 7) is 5.77. The van der Waals surface area contributed by atoms with Gasteiger partial charge in [0.25, 0.3) is 0 Å². The zero-order chi connectivity index (χ0) is 23.5. The Bertz CT molecular complexity index is 1240. The molecular weight excluding hydrogens is 416 g/mol. The SMILES string of the molecule is COc1cccc(C2=Nc3cccnc3N(CC(=O)Nc3c(C)cc(C)cc3C)C(=O)C2)c1. The van der Waals surface area contributed by atoms with Crippen molar-refractivity contribution in [2.45, 2.75) is 27.2 Å². The molecule has 2 heterocycles. The number of fused-ring (bicyclic) bond motifs is 1. The minimum atomic E-state index is -0.292. The summed E-state index contributed by atoms with van der Waals surface area (Å²) in [5, 5.41) is 2.97. The average Bonchev–Trinajstić information content (AvgIpc) is 2.93. The number of rotatable bonds is 5. The van der Waals surface area contributed by atoms with Gasteiger partial charge in [0.05, 0.1) is 19.2 Å². The van der Waals surface area contributed by atoms with Crippen LogP contribution in [0.4, 0.5) is 17.2 Å². The summed E-state index contributed by atoms with van der Waals surface area (Å²) >= 11 is 0. The number of carbonyl (C=O) groups is 2. The van der Waals surface area contributed by atoms with Crippen molar-refractivity contribution in [1.82, 2.24) is 4.98 Å². The van der Waals surface area contributed by atoms with Gasteiger partial charge in [0.15, 0.2) is 5.82 Å². The van der Waals surface area contributed by atoms with Crippen molar-refractivity contribution in [2.24, 2.45) is 4.99 Å². The van der Waals surface area contributed by atoms with E-state index in [0.717, 1.165) is 27.9 Å². The van der Waals surface area contributed by atoms with E-state index in [9.17, 15) is 9.59 Å². The number of anilines is 2. The summed E-state index contributed by atoms with van der Waals surface area (Å²) in [5.41, 5.74) is 5.77. The molecule has 0 fully saturated rings. The maximum Gasteiger partial charge on any atom is 0.244 e. The van der Waals surface area contributed by atoms with Gasteiger partial charge in [0, 0.05) is 17.4 Å². The number of nitrogens with one attached hydrogen (secondary N) is 1. The minimum absolute atomic E-state index is 0.0411. The normalized spacial score (nSPS) is 13.2. The van der Waals surface area contributed by atoms with E-state index >= 15 is 0 Å². The fourth-order valence-corrected chi connectivity index (χ4v) is 4.06. The fourth-order valence-electron chi connectivity index (χ4n) is 4.06. The lowest BCUT2D eigenvalue weighted by Gasteiger charge is -2.21. The van der Waals surface area contributed by atoms with Crippen molar-refractivity contribution in [1.29, 1.82) is 0 Å². The second kappa shape index (κ2) is 9.24. The van der Waals surface area contributed by atoms with Gasteiger partial charge in [-0.15, -0.1) is 0 Å². The molecule has 7 nitrogen and oxygen atoms in total. The Kier molecular flexibility index (Phi) is 6.22. The van der Waals surface area contributed by atoms with Gasteiger partial charge in [-0.05, 0) is 56.2 Å². The van der Waals surface area contributed by atoms with Gasteiger partial charge in [0.1, 0.15) is 18.0 Å². The molecule has 1 N–H and O–H groups in total. The van der Waals surface area contributed by atoms with Crippen LogP contribution in [0, 0.1) is 20.8 Å². The van der Waals surface area contributed by atoms with Crippen LogP contribution in [0.15, 0.2) is 59.7 Å².